The topological polar surface area (TPSA) is 26.3 Å². The first-order chi connectivity index (χ1) is 6.56. The summed E-state index contributed by atoms with van der Waals surface area (Å²) >= 11 is 10.1. The third-order valence-electron chi connectivity index (χ3n) is 1.83. The Hall–Kier alpha value is -0.670. The van der Waals surface area contributed by atoms with E-state index in [-0.39, 0.29) is 5.97 Å². The summed E-state index contributed by atoms with van der Waals surface area (Å²) in [4.78, 5) is 12.0. The molecule has 0 aliphatic heterocycles. The summed E-state index contributed by atoms with van der Waals surface area (Å²) < 4.78 is 4.85. The average Bonchev–Trinajstić information content (AvgIpc) is 2.13. The molecule has 0 fully saturated rings. The lowest BCUT2D eigenvalue weighted by Crippen LogP contribution is -2.04. The lowest BCUT2D eigenvalue weighted by molar-refractivity contribution is 0.0526. The Bertz CT molecular complexity index is 340. The standard InChI is InChI=1S/C10H11ClO2S/c1-3-13-10(12)7-4-8(11)6(2)9(14)5-7/h4-5,14H,3H2,1-2H3. The minimum Gasteiger partial charge on any atom is -0.462 e. The van der Waals surface area contributed by atoms with Crippen LogP contribution in [0.2, 0.25) is 5.02 Å². The molecule has 0 heterocycles. The molecule has 0 bridgehead atoms. The van der Waals surface area contributed by atoms with Gasteiger partial charge in [-0.05, 0) is 31.5 Å². The SMILES string of the molecule is CCOC(=O)c1cc(S)c(C)c(Cl)c1. The summed E-state index contributed by atoms with van der Waals surface area (Å²) in [7, 11) is 0. The van der Waals surface area contributed by atoms with Gasteiger partial charge in [0.25, 0.3) is 0 Å². The Morgan fingerprint density at radius 3 is 2.71 bits per heavy atom. The van der Waals surface area contributed by atoms with E-state index in [1.165, 1.54) is 0 Å². The molecular formula is C10H11ClO2S. The van der Waals surface area contributed by atoms with Crippen molar-refractivity contribution in [2.75, 3.05) is 6.61 Å². The fourth-order valence-corrected chi connectivity index (χ4v) is 1.54. The Balaban J connectivity index is 3.06. The minimum absolute atomic E-state index is 0.353. The lowest BCUT2D eigenvalue weighted by Gasteiger charge is -2.06. The molecule has 0 N–H and O–H groups in total. The fourth-order valence-electron chi connectivity index (χ4n) is 0.997. The molecule has 0 unspecified atom stereocenters. The number of carbonyl (C=O) groups is 1. The van der Waals surface area contributed by atoms with Gasteiger partial charge in [-0.3, -0.25) is 0 Å². The van der Waals surface area contributed by atoms with Gasteiger partial charge in [0.05, 0.1) is 12.2 Å². The molecule has 0 saturated heterocycles. The quantitative estimate of drug-likeness (QED) is 0.624. The summed E-state index contributed by atoms with van der Waals surface area (Å²) in [5.41, 5.74) is 1.30. The molecule has 0 atom stereocenters. The van der Waals surface area contributed by atoms with E-state index in [1.54, 1.807) is 19.1 Å². The van der Waals surface area contributed by atoms with Gasteiger partial charge in [-0.15, -0.1) is 12.6 Å². The number of ether oxygens (including phenoxy) is 1. The number of carbonyl (C=O) groups excluding carboxylic acids is 1. The smallest absolute Gasteiger partial charge is 0.338 e. The highest BCUT2D eigenvalue weighted by molar-refractivity contribution is 7.80. The second-order valence-electron chi connectivity index (χ2n) is 2.82. The number of rotatable bonds is 2. The molecule has 1 rings (SSSR count). The Kier molecular flexibility index (Phi) is 3.84. The lowest BCUT2D eigenvalue weighted by atomic mass is 10.1. The molecule has 0 radical (unpaired) electrons. The minimum atomic E-state index is -0.371. The normalized spacial score (nSPS) is 10.0. The first-order valence-electron chi connectivity index (χ1n) is 4.22. The maximum atomic E-state index is 11.3. The molecule has 0 aliphatic carbocycles. The number of halogens is 1. The highest BCUT2D eigenvalue weighted by atomic mass is 35.5. The zero-order valence-corrected chi connectivity index (χ0v) is 9.65. The van der Waals surface area contributed by atoms with Crippen LogP contribution in [0.5, 0.6) is 0 Å². The molecule has 2 nitrogen and oxygen atoms in total. The molecule has 76 valence electrons. The molecule has 0 aliphatic rings. The Labute approximate surface area is 93.6 Å². The van der Waals surface area contributed by atoms with Crippen LogP contribution in [0.25, 0.3) is 0 Å². The fraction of sp³-hybridized carbons (Fsp3) is 0.300. The number of esters is 1. The van der Waals surface area contributed by atoms with Crippen molar-refractivity contribution in [2.45, 2.75) is 18.7 Å². The van der Waals surface area contributed by atoms with E-state index in [2.05, 4.69) is 12.6 Å². The van der Waals surface area contributed by atoms with Crippen molar-refractivity contribution >= 4 is 30.2 Å². The molecule has 0 amide bonds. The van der Waals surface area contributed by atoms with Crippen molar-refractivity contribution in [1.82, 2.24) is 0 Å². The van der Waals surface area contributed by atoms with E-state index >= 15 is 0 Å². The molecule has 0 spiro atoms. The van der Waals surface area contributed by atoms with Crippen LogP contribution in [0.4, 0.5) is 0 Å². The van der Waals surface area contributed by atoms with Crippen molar-refractivity contribution in [3.8, 4) is 0 Å². The average molecular weight is 231 g/mol. The van der Waals surface area contributed by atoms with E-state index in [0.717, 1.165) is 5.56 Å². The van der Waals surface area contributed by atoms with Crippen LogP contribution >= 0.6 is 24.2 Å². The van der Waals surface area contributed by atoms with E-state index in [1.807, 2.05) is 6.92 Å². The van der Waals surface area contributed by atoms with E-state index in [9.17, 15) is 4.79 Å². The molecular weight excluding hydrogens is 220 g/mol. The van der Waals surface area contributed by atoms with Crippen LogP contribution in [0.3, 0.4) is 0 Å². The van der Waals surface area contributed by atoms with Gasteiger partial charge in [0.15, 0.2) is 0 Å². The van der Waals surface area contributed by atoms with Crippen LogP contribution < -0.4 is 0 Å². The second-order valence-corrected chi connectivity index (χ2v) is 3.71. The maximum absolute atomic E-state index is 11.3. The predicted molar refractivity (Wildman–Crippen MR) is 59.4 cm³/mol. The van der Waals surface area contributed by atoms with Crippen LogP contribution in [-0.4, -0.2) is 12.6 Å². The molecule has 14 heavy (non-hydrogen) atoms. The third kappa shape index (κ3) is 2.42. The van der Waals surface area contributed by atoms with Crippen LogP contribution in [0, 0.1) is 6.92 Å². The van der Waals surface area contributed by atoms with Crippen molar-refractivity contribution in [2.24, 2.45) is 0 Å². The molecule has 1 aromatic rings. The van der Waals surface area contributed by atoms with Gasteiger partial charge in [-0.2, -0.15) is 0 Å². The summed E-state index contributed by atoms with van der Waals surface area (Å²) in [5.74, 6) is -0.371. The monoisotopic (exact) mass is 230 g/mol. The van der Waals surface area contributed by atoms with E-state index in [0.29, 0.717) is 22.1 Å². The summed E-state index contributed by atoms with van der Waals surface area (Å²) in [6.07, 6.45) is 0. The first kappa shape index (κ1) is 11.4. The van der Waals surface area contributed by atoms with Crippen molar-refractivity contribution in [3.05, 3.63) is 28.3 Å². The first-order valence-corrected chi connectivity index (χ1v) is 5.05. The summed E-state index contributed by atoms with van der Waals surface area (Å²) in [6, 6.07) is 3.25. The van der Waals surface area contributed by atoms with E-state index in [4.69, 9.17) is 16.3 Å². The highest BCUT2D eigenvalue weighted by Gasteiger charge is 2.10. The largest absolute Gasteiger partial charge is 0.462 e. The van der Waals surface area contributed by atoms with Gasteiger partial charge in [0, 0.05) is 9.92 Å². The Morgan fingerprint density at radius 1 is 1.57 bits per heavy atom. The van der Waals surface area contributed by atoms with Crippen LogP contribution in [0.15, 0.2) is 17.0 Å². The number of benzene rings is 1. The summed E-state index contributed by atoms with van der Waals surface area (Å²) in [6.45, 7) is 3.96. The van der Waals surface area contributed by atoms with Crippen molar-refractivity contribution in [3.63, 3.8) is 0 Å². The second kappa shape index (κ2) is 4.71. The van der Waals surface area contributed by atoms with Gasteiger partial charge in [0.1, 0.15) is 0 Å². The predicted octanol–water partition coefficient (Wildman–Crippen LogP) is 3.11. The van der Waals surface area contributed by atoms with Crippen molar-refractivity contribution < 1.29 is 9.53 Å². The molecule has 0 saturated carbocycles. The summed E-state index contributed by atoms with van der Waals surface area (Å²) in [5, 5.41) is 0.528. The molecule has 4 heteroatoms. The van der Waals surface area contributed by atoms with Crippen LogP contribution in [0.1, 0.15) is 22.8 Å². The third-order valence-corrected chi connectivity index (χ3v) is 2.69. The maximum Gasteiger partial charge on any atom is 0.338 e. The Morgan fingerprint density at radius 2 is 2.21 bits per heavy atom. The van der Waals surface area contributed by atoms with Gasteiger partial charge in [-0.25, -0.2) is 4.79 Å². The number of hydrogen-bond donors (Lipinski definition) is 1. The van der Waals surface area contributed by atoms with Crippen LogP contribution in [-0.2, 0) is 4.74 Å². The molecule has 0 aromatic heterocycles. The zero-order valence-electron chi connectivity index (χ0n) is 8.00. The van der Waals surface area contributed by atoms with Gasteiger partial charge in [0.2, 0.25) is 0 Å². The van der Waals surface area contributed by atoms with Gasteiger partial charge in [-0.1, -0.05) is 11.6 Å². The van der Waals surface area contributed by atoms with Crippen molar-refractivity contribution in [1.29, 1.82) is 0 Å². The molecule has 1 aromatic carbocycles. The van der Waals surface area contributed by atoms with E-state index < -0.39 is 0 Å². The zero-order chi connectivity index (χ0) is 10.7. The highest BCUT2D eigenvalue weighted by Crippen LogP contribution is 2.24. The van der Waals surface area contributed by atoms with Gasteiger partial charge < -0.3 is 4.74 Å². The van der Waals surface area contributed by atoms with Gasteiger partial charge >= 0.3 is 5.97 Å². The number of hydrogen-bond acceptors (Lipinski definition) is 3. The number of thiol groups is 1.